The quantitative estimate of drug-likeness (QED) is 0.766. The van der Waals surface area contributed by atoms with Crippen LogP contribution in [0.2, 0.25) is 0 Å². The highest BCUT2D eigenvalue weighted by molar-refractivity contribution is 5.85. The van der Waals surface area contributed by atoms with Crippen molar-refractivity contribution in [2.24, 2.45) is 7.05 Å². The van der Waals surface area contributed by atoms with Crippen molar-refractivity contribution in [3.8, 4) is 11.4 Å². The maximum Gasteiger partial charge on any atom is 0.321 e. The molecule has 0 amide bonds. The van der Waals surface area contributed by atoms with E-state index in [9.17, 15) is 4.79 Å². The van der Waals surface area contributed by atoms with Crippen LogP contribution in [0, 0.1) is 0 Å². The van der Waals surface area contributed by atoms with E-state index in [4.69, 9.17) is 9.26 Å². The van der Waals surface area contributed by atoms with Gasteiger partial charge in [-0.25, -0.2) is 0 Å². The minimum absolute atomic E-state index is 0.281. The number of hydrogen-bond donors (Lipinski definition) is 0. The first-order chi connectivity index (χ1) is 9.15. The van der Waals surface area contributed by atoms with E-state index in [0.29, 0.717) is 31.2 Å². The van der Waals surface area contributed by atoms with E-state index in [2.05, 4.69) is 15.2 Å². The van der Waals surface area contributed by atoms with Gasteiger partial charge in [0.25, 0.3) is 0 Å². The van der Waals surface area contributed by atoms with E-state index >= 15 is 0 Å². The number of carbonyl (C=O) groups excluding carboxylic acids is 1. The zero-order valence-electron chi connectivity index (χ0n) is 10.8. The van der Waals surface area contributed by atoms with Crippen LogP contribution in [-0.2, 0) is 22.0 Å². The number of nitrogens with zero attached hydrogens (tertiary/aromatic N) is 4. The van der Waals surface area contributed by atoms with Gasteiger partial charge in [-0.2, -0.15) is 10.1 Å². The van der Waals surface area contributed by atoms with E-state index in [1.807, 2.05) is 7.05 Å². The molecule has 0 unspecified atom stereocenters. The molecule has 2 aromatic heterocycles. The molecule has 2 aromatic rings. The van der Waals surface area contributed by atoms with E-state index in [1.165, 1.54) is 0 Å². The maximum atomic E-state index is 11.9. The van der Waals surface area contributed by atoms with Crippen LogP contribution in [0.1, 0.15) is 25.7 Å². The zero-order valence-corrected chi connectivity index (χ0v) is 10.8. The number of rotatable bonds is 4. The summed E-state index contributed by atoms with van der Waals surface area (Å²) in [6.45, 7) is 2.13. The Balaban J connectivity index is 1.88. The maximum absolute atomic E-state index is 11.9. The van der Waals surface area contributed by atoms with Crippen molar-refractivity contribution in [1.29, 1.82) is 0 Å². The van der Waals surface area contributed by atoms with Crippen LogP contribution < -0.4 is 0 Å². The lowest BCUT2D eigenvalue weighted by molar-refractivity contribution is -0.146. The van der Waals surface area contributed by atoms with Gasteiger partial charge in [-0.1, -0.05) is 5.16 Å². The molecule has 0 bridgehead atoms. The van der Waals surface area contributed by atoms with Gasteiger partial charge in [0, 0.05) is 13.2 Å². The standard InChI is InChI=1S/C12H14N4O3/c1-3-18-11(17)12(4-5-12)10-14-9(15-19-10)8-6-13-16(2)7-8/h6-7H,3-5H2,1-2H3. The monoisotopic (exact) mass is 262 g/mol. The lowest BCUT2D eigenvalue weighted by atomic mass is 10.1. The van der Waals surface area contributed by atoms with E-state index < -0.39 is 5.41 Å². The molecule has 19 heavy (non-hydrogen) atoms. The second-order valence-electron chi connectivity index (χ2n) is 4.63. The topological polar surface area (TPSA) is 83.0 Å². The summed E-state index contributed by atoms with van der Waals surface area (Å²) in [6, 6.07) is 0. The molecule has 0 radical (unpaired) electrons. The summed E-state index contributed by atoms with van der Waals surface area (Å²) in [5, 5.41) is 7.95. The summed E-state index contributed by atoms with van der Waals surface area (Å²) < 4.78 is 11.9. The predicted molar refractivity (Wildman–Crippen MR) is 64.0 cm³/mol. The fourth-order valence-corrected chi connectivity index (χ4v) is 1.97. The number of esters is 1. The van der Waals surface area contributed by atoms with Gasteiger partial charge in [0.05, 0.1) is 18.4 Å². The van der Waals surface area contributed by atoms with Crippen LogP contribution in [0.3, 0.4) is 0 Å². The number of hydrogen-bond acceptors (Lipinski definition) is 6. The van der Waals surface area contributed by atoms with E-state index in [0.717, 1.165) is 5.56 Å². The Bertz CT molecular complexity index is 612. The first kappa shape index (κ1) is 11.9. The highest BCUT2D eigenvalue weighted by Crippen LogP contribution is 2.48. The minimum Gasteiger partial charge on any atom is -0.465 e. The molecule has 1 aliphatic carbocycles. The first-order valence-corrected chi connectivity index (χ1v) is 6.16. The average Bonchev–Trinajstić information content (AvgIpc) is 2.84. The van der Waals surface area contributed by atoms with Crippen LogP contribution in [0.4, 0.5) is 0 Å². The molecule has 0 spiro atoms. The number of aryl methyl sites for hydroxylation is 1. The molecule has 1 saturated carbocycles. The third-order valence-corrected chi connectivity index (χ3v) is 3.21. The Kier molecular flexibility index (Phi) is 2.62. The summed E-state index contributed by atoms with van der Waals surface area (Å²) in [4.78, 5) is 16.2. The molecule has 0 atom stereocenters. The molecule has 100 valence electrons. The van der Waals surface area contributed by atoms with Crippen molar-refractivity contribution in [3.63, 3.8) is 0 Å². The first-order valence-electron chi connectivity index (χ1n) is 6.16. The van der Waals surface area contributed by atoms with Crippen molar-refractivity contribution in [2.45, 2.75) is 25.2 Å². The van der Waals surface area contributed by atoms with E-state index in [1.54, 1.807) is 24.0 Å². The molecule has 0 aromatic carbocycles. The Morgan fingerprint density at radius 1 is 1.58 bits per heavy atom. The lowest BCUT2D eigenvalue weighted by Gasteiger charge is -2.07. The highest BCUT2D eigenvalue weighted by Gasteiger charge is 2.57. The van der Waals surface area contributed by atoms with Crippen LogP contribution >= 0.6 is 0 Å². The zero-order chi connectivity index (χ0) is 13.5. The smallest absolute Gasteiger partial charge is 0.321 e. The lowest BCUT2D eigenvalue weighted by Crippen LogP contribution is -2.23. The molecule has 1 aliphatic rings. The minimum atomic E-state index is -0.719. The Morgan fingerprint density at radius 3 is 2.95 bits per heavy atom. The molecular formula is C12H14N4O3. The molecule has 0 N–H and O–H groups in total. The van der Waals surface area contributed by atoms with Crippen LogP contribution in [0.15, 0.2) is 16.9 Å². The third-order valence-electron chi connectivity index (χ3n) is 3.21. The van der Waals surface area contributed by atoms with Gasteiger partial charge in [0.2, 0.25) is 11.7 Å². The summed E-state index contributed by atoms with van der Waals surface area (Å²) in [7, 11) is 1.81. The summed E-state index contributed by atoms with van der Waals surface area (Å²) in [5.41, 5.74) is 0.0425. The van der Waals surface area contributed by atoms with Crippen molar-refractivity contribution in [2.75, 3.05) is 6.61 Å². The number of aromatic nitrogens is 4. The van der Waals surface area contributed by atoms with Crippen LogP contribution in [0.25, 0.3) is 11.4 Å². The summed E-state index contributed by atoms with van der Waals surface area (Å²) in [5.74, 6) is 0.500. The SMILES string of the molecule is CCOC(=O)C1(c2nc(-c3cnn(C)c3)no2)CC1. The van der Waals surface area contributed by atoms with Gasteiger partial charge in [-0.05, 0) is 19.8 Å². The van der Waals surface area contributed by atoms with E-state index in [-0.39, 0.29) is 5.97 Å². The van der Waals surface area contributed by atoms with Crippen LogP contribution in [-0.4, -0.2) is 32.5 Å². The molecular weight excluding hydrogens is 248 g/mol. The van der Waals surface area contributed by atoms with Gasteiger partial charge in [0.1, 0.15) is 5.41 Å². The second kappa shape index (κ2) is 4.18. The number of ether oxygens (including phenoxy) is 1. The van der Waals surface area contributed by atoms with Gasteiger partial charge in [-0.15, -0.1) is 0 Å². The van der Waals surface area contributed by atoms with Gasteiger partial charge in [0.15, 0.2) is 0 Å². The third kappa shape index (κ3) is 1.91. The summed E-state index contributed by atoms with van der Waals surface area (Å²) >= 11 is 0. The van der Waals surface area contributed by atoms with Crippen molar-refractivity contribution < 1.29 is 14.1 Å². The Hall–Kier alpha value is -2.18. The molecule has 0 saturated heterocycles. The van der Waals surface area contributed by atoms with Gasteiger partial charge < -0.3 is 9.26 Å². The fourth-order valence-electron chi connectivity index (χ4n) is 1.97. The van der Waals surface area contributed by atoms with Crippen molar-refractivity contribution in [3.05, 3.63) is 18.3 Å². The summed E-state index contributed by atoms with van der Waals surface area (Å²) in [6.07, 6.45) is 4.83. The predicted octanol–water partition coefficient (Wildman–Crippen LogP) is 1.06. The molecule has 7 heteroatoms. The average molecular weight is 262 g/mol. The second-order valence-corrected chi connectivity index (χ2v) is 4.63. The molecule has 1 fully saturated rings. The molecule has 7 nitrogen and oxygen atoms in total. The van der Waals surface area contributed by atoms with Gasteiger partial charge in [-0.3, -0.25) is 9.48 Å². The van der Waals surface area contributed by atoms with Crippen LogP contribution in [0.5, 0.6) is 0 Å². The highest BCUT2D eigenvalue weighted by atomic mass is 16.5. The Labute approximate surface area is 109 Å². The normalized spacial score (nSPS) is 16.3. The van der Waals surface area contributed by atoms with Crippen molar-refractivity contribution >= 4 is 5.97 Å². The fraction of sp³-hybridized carbons (Fsp3) is 0.500. The molecule has 2 heterocycles. The Morgan fingerprint density at radius 2 is 2.37 bits per heavy atom. The number of carbonyl (C=O) groups is 1. The largest absolute Gasteiger partial charge is 0.465 e. The van der Waals surface area contributed by atoms with Crippen molar-refractivity contribution in [1.82, 2.24) is 19.9 Å². The molecule has 3 rings (SSSR count). The molecule has 0 aliphatic heterocycles. The van der Waals surface area contributed by atoms with Gasteiger partial charge >= 0.3 is 5.97 Å².